The summed E-state index contributed by atoms with van der Waals surface area (Å²) in [6.45, 7) is 3.97. The number of ether oxygens (including phenoxy) is 1. The van der Waals surface area contributed by atoms with Crippen molar-refractivity contribution in [2.24, 2.45) is 0 Å². The highest BCUT2D eigenvalue weighted by Crippen LogP contribution is 2.28. The summed E-state index contributed by atoms with van der Waals surface area (Å²) < 4.78 is 6.30. The molecule has 1 amide bonds. The van der Waals surface area contributed by atoms with Gasteiger partial charge in [-0.15, -0.1) is 0 Å². The molecule has 3 aliphatic rings. The molecular weight excluding hydrogens is 372 g/mol. The molecule has 0 N–H and O–H groups in total. The summed E-state index contributed by atoms with van der Waals surface area (Å²) in [7, 11) is 0. The summed E-state index contributed by atoms with van der Waals surface area (Å²) in [5.74, 6) is 0.982. The smallest absolute Gasteiger partial charge is 0.253 e. The molecular formula is C26H32N2O2. The largest absolute Gasteiger partial charge is 0.490 e. The Morgan fingerprint density at radius 1 is 0.867 bits per heavy atom. The fourth-order valence-electron chi connectivity index (χ4n) is 5.35. The molecule has 2 aromatic carbocycles. The first-order valence-corrected chi connectivity index (χ1v) is 11.6. The normalized spacial score (nSPS) is 22.7. The SMILES string of the molecule is O=C(c1cccc(OC2CCN([C@@H]3CCc4ccccc4C3)CC2)c1)N1CCCC1. The van der Waals surface area contributed by atoms with Crippen LogP contribution in [0, 0.1) is 0 Å². The Hall–Kier alpha value is -2.33. The molecule has 1 atom stereocenters. The molecule has 2 aliphatic heterocycles. The van der Waals surface area contributed by atoms with Crippen LogP contribution < -0.4 is 4.74 Å². The summed E-state index contributed by atoms with van der Waals surface area (Å²) in [6, 6.07) is 17.4. The number of hydrogen-bond donors (Lipinski definition) is 0. The van der Waals surface area contributed by atoms with Gasteiger partial charge in [-0.1, -0.05) is 30.3 Å². The molecule has 2 aromatic rings. The summed E-state index contributed by atoms with van der Waals surface area (Å²) in [5.41, 5.74) is 3.83. The van der Waals surface area contributed by atoms with Crippen LogP contribution in [0.25, 0.3) is 0 Å². The van der Waals surface area contributed by atoms with E-state index < -0.39 is 0 Å². The van der Waals surface area contributed by atoms with Gasteiger partial charge in [0.05, 0.1) is 0 Å². The van der Waals surface area contributed by atoms with Gasteiger partial charge in [-0.3, -0.25) is 9.69 Å². The topological polar surface area (TPSA) is 32.8 Å². The molecule has 4 heteroatoms. The van der Waals surface area contributed by atoms with Gasteiger partial charge in [0.2, 0.25) is 0 Å². The van der Waals surface area contributed by atoms with Crippen LogP contribution >= 0.6 is 0 Å². The van der Waals surface area contributed by atoms with Gasteiger partial charge < -0.3 is 9.64 Å². The Labute approximate surface area is 179 Å². The number of amides is 1. The van der Waals surface area contributed by atoms with E-state index in [0.29, 0.717) is 6.04 Å². The van der Waals surface area contributed by atoms with Crippen molar-refractivity contribution in [3.8, 4) is 5.75 Å². The third-order valence-electron chi connectivity index (χ3n) is 7.09. The van der Waals surface area contributed by atoms with Gasteiger partial charge in [0.25, 0.3) is 5.91 Å². The van der Waals surface area contributed by atoms with Crippen molar-refractivity contribution in [2.75, 3.05) is 26.2 Å². The molecule has 158 valence electrons. The number of benzene rings is 2. The molecule has 2 saturated heterocycles. The molecule has 0 unspecified atom stereocenters. The molecule has 5 rings (SSSR count). The van der Waals surface area contributed by atoms with Crippen LogP contribution in [-0.2, 0) is 12.8 Å². The third kappa shape index (κ3) is 4.24. The summed E-state index contributed by atoms with van der Waals surface area (Å²) in [6.07, 6.45) is 8.25. The zero-order valence-corrected chi connectivity index (χ0v) is 17.8. The van der Waals surface area contributed by atoms with Crippen molar-refractivity contribution in [3.05, 3.63) is 65.2 Å². The fraction of sp³-hybridized carbons (Fsp3) is 0.500. The molecule has 2 fully saturated rings. The first-order valence-electron chi connectivity index (χ1n) is 11.6. The van der Waals surface area contributed by atoms with E-state index in [0.717, 1.165) is 63.2 Å². The maximum absolute atomic E-state index is 12.7. The van der Waals surface area contributed by atoms with Gasteiger partial charge in [-0.25, -0.2) is 0 Å². The minimum Gasteiger partial charge on any atom is -0.490 e. The van der Waals surface area contributed by atoms with E-state index in [2.05, 4.69) is 29.2 Å². The van der Waals surface area contributed by atoms with Crippen molar-refractivity contribution in [1.29, 1.82) is 0 Å². The fourth-order valence-corrected chi connectivity index (χ4v) is 5.35. The molecule has 0 spiro atoms. The number of carbonyl (C=O) groups excluding carboxylic acids is 1. The third-order valence-corrected chi connectivity index (χ3v) is 7.09. The van der Waals surface area contributed by atoms with Crippen LogP contribution in [0.1, 0.15) is 53.6 Å². The van der Waals surface area contributed by atoms with E-state index in [1.165, 1.54) is 30.4 Å². The van der Waals surface area contributed by atoms with Crippen LogP contribution in [0.15, 0.2) is 48.5 Å². The highest BCUT2D eigenvalue weighted by molar-refractivity contribution is 5.94. The van der Waals surface area contributed by atoms with E-state index in [1.54, 1.807) is 0 Å². The second-order valence-electron chi connectivity index (χ2n) is 9.05. The van der Waals surface area contributed by atoms with Gasteiger partial charge in [-0.05, 0) is 74.3 Å². The van der Waals surface area contributed by atoms with E-state index in [-0.39, 0.29) is 12.0 Å². The number of aryl methyl sites for hydroxylation is 1. The maximum Gasteiger partial charge on any atom is 0.253 e. The van der Waals surface area contributed by atoms with Crippen molar-refractivity contribution < 1.29 is 9.53 Å². The van der Waals surface area contributed by atoms with E-state index >= 15 is 0 Å². The highest BCUT2D eigenvalue weighted by Gasteiger charge is 2.29. The molecule has 30 heavy (non-hydrogen) atoms. The number of nitrogens with zero attached hydrogens (tertiary/aromatic N) is 2. The summed E-state index contributed by atoms with van der Waals surface area (Å²) in [4.78, 5) is 17.3. The average molecular weight is 405 g/mol. The number of likely N-dealkylation sites (tertiary alicyclic amines) is 2. The van der Waals surface area contributed by atoms with Gasteiger partial charge in [-0.2, -0.15) is 0 Å². The van der Waals surface area contributed by atoms with Crippen molar-refractivity contribution in [3.63, 3.8) is 0 Å². The summed E-state index contributed by atoms with van der Waals surface area (Å²) in [5, 5.41) is 0. The lowest BCUT2D eigenvalue weighted by atomic mass is 9.86. The van der Waals surface area contributed by atoms with E-state index in [9.17, 15) is 4.79 Å². The van der Waals surface area contributed by atoms with Gasteiger partial charge in [0.1, 0.15) is 11.9 Å². The number of rotatable bonds is 4. The van der Waals surface area contributed by atoms with Crippen LogP contribution in [-0.4, -0.2) is 54.0 Å². The van der Waals surface area contributed by atoms with Gasteiger partial charge >= 0.3 is 0 Å². The lowest BCUT2D eigenvalue weighted by Gasteiger charge is -2.39. The second kappa shape index (κ2) is 8.81. The zero-order valence-electron chi connectivity index (χ0n) is 17.8. The maximum atomic E-state index is 12.7. The standard InChI is InChI=1S/C26H32N2O2/c29-26(28-14-3-4-15-28)22-8-5-9-25(19-22)30-24-12-16-27(17-13-24)23-11-10-20-6-1-2-7-21(20)18-23/h1-2,5-9,19,23-24H,3-4,10-18H2/t23-/m1/s1. The van der Waals surface area contributed by atoms with Crippen LogP contribution in [0.2, 0.25) is 0 Å². The van der Waals surface area contributed by atoms with Gasteiger partial charge in [0.15, 0.2) is 0 Å². The molecule has 0 radical (unpaired) electrons. The first-order chi connectivity index (χ1) is 14.8. The minimum atomic E-state index is 0.144. The molecule has 0 aromatic heterocycles. The molecule has 0 saturated carbocycles. The van der Waals surface area contributed by atoms with Crippen LogP contribution in [0.4, 0.5) is 0 Å². The Morgan fingerprint density at radius 3 is 2.43 bits per heavy atom. The Morgan fingerprint density at radius 2 is 1.63 bits per heavy atom. The lowest BCUT2D eigenvalue weighted by molar-refractivity contribution is 0.0703. The van der Waals surface area contributed by atoms with Gasteiger partial charge in [0, 0.05) is 37.8 Å². The predicted molar refractivity (Wildman–Crippen MR) is 119 cm³/mol. The molecule has 0 bridgehead atoms. The Balaban J connectivity index is 1.15. The van der Waals surface area contributed by atoms with Crippen molar-refractivity contribution in [2.45, 2.75) is 57.1 Å². The lowest BCUT2D eigenvalue weighted by Crippen LogP contribution is -2.46. The Bertz CT molecular complexity index is 882. The zero-order chi connectivity index (χ0) is 20.3. The monoisotopic (exact) mass is 404 g/mol. The molecule has 2 heterocycles. The Kier molecular flexibility index (Phi) is 5.76. The predicted octanol–water partition coefficient (Wildman–Crippen LogP) is 4.32. The number of fused-ring (bicyclic) bond motifs is 1. The van der Waals surface area contributed by atoms with E-state index in [4.69, 9.17) is 4.74 Å². The van der Waals surface area contributed by atoms with Crippen molar-refractivity contribution in [1.82, 2.24) is 9.80 Å². The quantitative estimate of drug-likeness (QED) is 0.761. The first kappa shape index (κ1) is 19.6. The van der Waals surface area contributed by atoms with Crippen molar-refractivity contribution >= 4 is 5.91 Å². The van der Waals surface area contributed by atoms with Crippen LogP contribution in [0.3, 0.4) is 0 Å². The number of piperidine rings is 1. The highest BCUT2D eigenvalue weighted by atomic mass is 16.5. The van der Waals surface area contributed by atoms with E-state index in [1.807, 2.05) is 29.2 Å². The number of hydrogen-bond acceptors (Lipinski definition) is 3. The molecule has 4 nitrogen and oxygen atoms in total. The number of carbonyl (C=O) groups is 1. The minimum absolute atomic E-state index is 0.144. The second-order valence-corrected chi connectivity index (χ2v) is 9.05. The average Bonchev–Trinajstić information content (AvgIpc) is 3.34. The summed E-state index contributed by atoms with van der Waals surface area (Å²) >= 11 is 0. The molecule has 1 aliphatic carbocycles. The van der Waals surface area contributed by atoms with Crippen LogP contribution in [0.5, 0.6) is 5.75 Å².